The highest BCUT2D eigenvalue weighted by Crippen LogP contribution is 2.37. The topological polar surface area (TPSA) is 131 Å². The van der Waals surface area contributed by atoms with Crippen LogP contribution in [0.4, 0.5) is 5.82 Å². The van der Waals surface area contributed by atoms with Crippen LogP contribution < -0.4 is 4.72 Å². The molecule has 1 aromatic heterocycles. The van der Waals surface area contributed by atoms with Crippen LogP contribution in [-0.2, 0) is 36.6 Å². The van der Waals surface area contributed by atoms with Crippen LogP contribution in [0.3, 0.4) is 0 Å². The van der Waals surface area contributed by atoms with Crippen LogP contribution in [0.25, 0.3) is 22.0 Å². The summed E-state index contributed by atoms with van der Waals surface area (Å²) < 4.78 is 61.9. The van der Waals surface area contributed by atoms with Gasteiger partial charge < -0.3 is 9.64 Å². The number of anilines is 1. The summed E-state index contributed by atoms with van der Waals surface area (Å²) in [6.07, 6.45) is 4.25. The molecule has 3 aromatic rings. The summed E-state index contributed by atoms with van der Waals surface area (Å²) in [4.78, 5) is 14.4. The number of nitrogens with one attached hydrogen (secondary N) is 1. The Kier molecular flexibility index (Phi) is 6.25. The molecule has 3 aliphatic rings. The number of hydrogen-bond donors (Lipinski definition) is 1. The Morgan fingerprint density at radius 1 is 1.00 bits per heavy atom. The number of nitrogens with zero attached hydrogens (tertiary/aromatic N) is 4. The van der Waals surface area contributed by atoms with E-state index in [0.29, 0.717) is 43.9 Å². The molecule has 0 atom stereocenters. The van der Waals surface area contributed by atoms with Gasteiger partial charge in [-0.15, -0.1) is 0 Å². The second kappa shape index (κ2) is 9.29. The fraction of sp³-hybridized carbons (Fsp3) is 0.462. The molecule has 0 bridgehead atoms. The minimum Gasteiger partial charge on any atom is -0.363 e. The molecule has 13 heteroatoms. The van der Waals surface area contributed by atoms with Crippen molar-refractivity contribution in [1.82, 2.24) is 19.0 Å². The molecule has 2 aliphatic heterocycles. The van der Waals surface area contributed by atoms with Crippen LogP contribution in [0.2, 0.25) is 0 Å². The van der Waals surface area contributed by atoms with E-state index in [1.165, 1.54) is 4.31 Å². The van der Waals surface area contributed by atoms with E-state index in [0.717, 1.165) is 35.7 Å². The van der Waals surface area contributed by atoms with Crippen molar-refractivity contribution in [2.75, 3.05) is 37.2 Å². The third-order valence-electron chi connectivity index (χ3n) is 7.86. The molecule has 39 heavy (non-hydrogen) atoms. The third kappa shape index (κ3) is 5.04. The zero-order chi connectivity index (χ0) is 27.6. The molecule has 1 spiro atoms. The summed E-state index contributed by atoms with van der Waals surface area (Å²) in [6, 6.07) is 12.6. The lowest BCUT2D eigenvalue weighted by Gasteiger charge is -2.46. The van der Waals surface area contributed by atoms with Gasteiger partial charge in [-0.1, -0.05) is 18.2 Å². The van der Waals surface area contributed by atoms with E-state index in [1.54, 1.807) is 36.0 Å². The highest BCUT2D eigenvalue weighted by molar-refractivity contribution is 7.92. The average molecular weight is 574 g/mol. The molecule has 2 aromatic carbocycles. The molecule has 2 saturated heterocycles. The van der Waals surface area contributed by atoms with Gasteiger partial charge in [-0.25, -0.2) is 16.8 Å². The van der Waals surface area contributed by atoms with Crippen molar-refractivity contribution in [2.24, 2.45) is 7.05 Å². The van der Waals surface area contributed by atoms with E-state index >= 15 is 0 Å². The monoisotopic (exact) mass is 573 g/mol. The first kappa shape index (κ1) is 26.2. The normalized spacial score (nSPS) is 20.6. The van der Waals surface area contributed by atoms with E-state index in [9.17, 15) is 21.6 Å². The number of amides is 1. The number of aryl methyl sites for hydroxylation is 1. The maximum absolute atomic E-state index is 13.4. The Bertz CT molecular complexity index is 1650. The first-order valence-electron chi connectivity index (χ1n) is 12.9. The zero-order valence-corrected chi connectivity index (χ0v) is 23.5. The largest absolute Gasteiger partial charge is 0.363 e. The van der Waals surface area contributed by atoms with Gasteiger partial charge in [0.05, 0.1) is 28.8 Å². The second-order valence-corrected chi connectivity index (χ2v) is 14.4. The molecule has 1 N–H and O–H groups in total. The molecular weight excluding hydrogens is 542 g/mol. The van der Waals surface area contributed by atoms with Crippen molar-refractivity contribution in [2.45, 2.75) is 42.2 Å². The summed E-state index contributed by atoms with van der Waals surface area (Å²) in [5.41, 5.74) is 1.89. The van der Waals surface area contributed by atoms with Gasteiger partial charge in [0.2, 0.25) is 26.0 Å². The van der Waals surface area contributed by atoms with E-state index in [2.05, 4.69) is 9.82 Å². The summed E-state index contributed by atoms with van der Waals surface area (Å²) in [6.45, 7) is 1.29. The predicted molar refractivity (Wildman–Crippen MR) is 146 cm³/mol. The summed E-state index contributed by atoms with van der Waals surface area (Å²) in [5, 5.41) is 4.92. The summed E-state index contributed by atoms with van der Waals surface area (Å²) >= 11 is 0. The lowest BCUT2D eigenvalue weighted by Crippen LogP contribution is -2.59. The van der Waals surface area contributed by atoms with Crippen molar-refractivity contribution in [1.29, 1.82) is 0 Å². The highest BCUT2D eigenvalue weighted by Gasteiger charge is 2.47. The maximum atomic E-state index is 13.4. The molecule has 3 fully saturated rings. The smallest absolute Gasteiger partial charge is 0.248 e. The molecule has 6 rings (SSSR count). The van der Waals surface area contributed by atoms with Gasteiger partial charge in [-0.3, -0.25) is 14.2 Å². The van der Waals surface area contributed by atoms with Gasteiger partial charge >= 0.3 is 0 Å². The average Bonchev–Trinajstić information content (AvgIpc) is 3.70. The standard InChI is InChI=1S/C26H31N5O6S2/c1-29-23-10-5-19(15-22(23)25(27-29)28-38(2,33)34)18-3-8-21(9-4-18)39(35,36)30-13-11-26(12-14-30)17-31(20-6-7-20)24(32)16-37-26/h3-5,8-10,15,20H,6-7,11-14,16-17H2,1-2H3,(H,27,28). The first-order chi connectivity index (χ1) is 18.4. The summed E-state index contributed by atoms with van der Waals surface area (Å²) in [5.74, 6) is 0.273. The third-order valence-corrected chi connectivity index (χ3v) is 10.3. The lowest BCUT2D eigenvalue weighted by atomic mass is 9.90. The Labute approximate surface area is 227 Å². The minimum absolute atomic E-state index is 0.0313. The first-order valence-corrected chi connectivity index (χ1v) is 16.3. The van der Waals surface area contributed by atoms with Gasteiger partial charge in [-0.05, 0) is 61.1 Å². The number of carbonyl (C=O) groups is 1. The molecule has 208 valence electrons. The zero-order valence-electron chi connectivity index (χ0n) is 21.8. The number of hydrogen-bond acceptors (Lipinski definition) is 7. The van der Waals surface area contributed by atoms with Crippen molar-refractivity contribution in [3.05, 3.63) is 42.5 Å². The van der Waals surface area contributed by atoms with Crippen LogP contribution in [0, 0.1) is 0 Å². The quantitative estimate of drug-likeness (QED) is 0.478. The number of sulfonamides is 2. The Hall–Kier alpha value is -3.00. The predicted octanol–water partition coefficient (Wildman–Crippen LogP) is 2.16. The van der Waals surface area contributed by atoms with Crippen molar-refractivity contribution in [3.8, 4) is 11.1 Å². The number of aromatic nitrogens is 2. The van der Waals surface area contributed by atoms with Crippen LogP contribution in [0.15, 0.2) is 47.4 Å². The van der Waals surface area contributed by atoms with E-state index in [-0.39, 0.29) is 23.2 Å². The lowest BCUT2D eigenvalue weighted by molar-refractivity contribution is -0.170. The number of morpholine rings is 1. The fourth-order valence-corrected chi connectivity index (χ4v) is 7.51. The van der Waals surface area contributed by atoms with Gasteiger partial charge in [-0.2, -0.15) is 9.40 Å². The van der Waals surface area contributed by atoms with Crippen molar-refractivity contribution < 1.29 is 26.4 Å². The second-order valence-electron chi connectivity index (χ2n) is 10.7. The molecule has 11 nitrogen and oxygen atoms in total. The Balaban J connectivity index is 1.18. The molecular formula is C26H31N5O6S2. The van der Waals surface area contributed by atoms with Crippen LogP contribution in [-0.4, -0.2) is 85.9 Å². The molecule has 0 radical (unpaired) electrons. The summed E-state index contributed by atoms with van der Waals surface area (Å²) in [7, 11) is -5.46. The van der Waals surface area contributed by atoms with Crippen LogP contribution >= 0.6 is 0 Å². The van der Waals surface area contributed by atoms with Gasteiger partial charge in [0.25, 0.3) is 0 Å². The van der Waals surface area contributed by atoms with Gasteiger partial charge in [0.1, 0.15) is 6.61 Å². The SMILES string of the molecule is Cn1nc(NS(C)(=O)=O)c2cc(-c3ccc(S(=O)(=O)N4CCC5(CC4)CN(C4CC4)C(=O)CO5)cc3)ccc21. The number of rotatable bonds is 6. The number of ether oxygens (including phenoxy) is 1. The van der Waals surface area contributed by atoms with Gasteiger partial charge in [0.15, 0.2) is 5.82 Å². The molecule has 0 unspecified atom stereocenters. The molecule has 1 aliphatic carbocycles. The number of fused-ring (bicyclic) bond motifs is 1. The van der Waals surface area contributed by atoms with Crippen LogP contribution in [0.1, 0.15) is 25.7 Å². The molecule has 1 saturated carbocycles. The highest BCUT2D eigenvalue weighted by atomic mass is 32.2. The Morgan fingerprint density at radius 3 is 2.31 bits per heavy atom. The van der Waals surface area contributed by atoms with Gasteiger partial charge in [0, 0.05) is 31.6 Å². The van der Waals surface area contributed by atoms with E-state index in [1.807, 2.05) is 23.1 Å². The number of benzene rings is 2. The Morgan fingerprint density at radius 2 is 1.67 bits per heavy atom. The van der Waals surface area contributed by atoms with E-state index < -0.39 is 25.6 Å². The van der Waals surface area contributed by atoms with E-state index in [4.69, 9.17) is 4.74 Å². The van der Waals surface area contributed by atoms with Crippen molar-refractivity contribution >= 4 is 42.7 Å². The molecule has 3 heterocycles. The fourth-order valence-electron chi connectivity index (χ4n) is 5.56. The van der Waals surface area contributed by atoms with Crippen molar-refractivity contribution in [3.63, 3.8) is 0 Å². The number of piperidine rings is 1. The number of carbonyl (C=O) groups excluding carboxylic acids is 1. The van der Waals surface area contributed by atoms with Crippen LogP contribution in [0.5, 0.6) is 0 Å². The maximum Gasteiger partial charge on any atom is 0.248 e. The molecule has 1 amide bonds. The minimum atomic E-state index is -3.70.